The number of rotatable bonds is 1. The molecule has 0 N–H and O–H groups in total. The first-order valence-corrected chi connectivity index (χ1v) is 7.94. The summed E-state index contributed by atoms with van der Waals surface area (Å²) in [5.41, 5.74) is 3.26. The van der Waals surface area contributed by atoms with Crippen LogP contribution in [-0.2, 0) is 14.0 Å². The smallest absolute Gasteiger partial charge is 0.209 e. The lowest BCUT2D eigenvalue weighted by molar-refractivity contribution is 0.851. The van der Waals surface area contributed by atoms with Gasteiger partial charge in [0.25, 0.3) is 0 Å². The van der Waals surface area contributed by atoms with Gasteiger partial charge in [0, 0.05) is 5.56 Å². The van der Waals surface area contributed by atoms with E-state index in [1.54, 1.807) is 0 Å². The summed E-state index contributed by atoms with van der Waals surface area (Å²) in [6.07, 6.45) is 0.958. The average molecular weight is 404 g/mol. The predicted octanol–water partition coefficient (Wildman–Crippen LogP) is 5.10. The highest BCUT2D eigenvalue weighted by atomic mass is 35.6. The molecule has 0 saturated heterocycles. The number of halogens is 6. The molecule has 1 aromatic carbocycles. The van der Waals surface area contributed by atoms with Gasteiger partial charge in [-0.05, 0) is 23.6 Å². The maximum absolute atomic E-state index is 5.83. The van der Waals surface area contributed by atoms with Gasteiger partial charge in [0.1, 0.15) is 0 Å². The summed E-state index contributed by atoms with van der Waals surface area (Å²) < 4.78 is -3.68. The summed E-state index contributed by atoms with van der Waals surface area (Å²) in [6.45, 7) is 0. The fourth-order valence-electron chi connectivity index (χ4n) is 1.79. The third-order valence-corrected chi connectivity index (χ3v) is 3.88. The van der Waals surface area contributed by atoms with Crippen molar-refractivity contribution in [3.63, 3.8) is 0 Å². The molecule has 1 aliphatic carbocycles. The van der Waals surface area contributed by atoms with Crippen LogP contribution in [0.1, 0.15) is 22.8 Å². The summed E-state index contributed by atoms with van der Waals surface area (Å²) in [4.78, 5) is 12.2. The van der Waals surface area contributed by atoms with E-state index in [4.69, 9.17) is 69.6 Å². The van der Waals surface area contributed by atoms with Crippen LogP contribution in [0.4, 0.5) is 0 Å². The van der Waals surface area contributed by atoms with Gasteiger partial charge in [0.05, 0.1) is 0 Å². The van der Waals surface area contributed by atoms with Gasteiger partial charge in [0.2, 0.25) is 7.59 Å². The molecule has 0 unspecified atom stereocenters. The normalized spacial score (nSPS) is 14.0. The Kier molecular flexibility index (Phi) is 3.97. The highest BCUT2D eigenvalue weighted by Gasteiger charge is 2.34. The number of hydrogen-bond donors (Lipinski definition) is 0. The number of hydrogen-bond acceptors (Lipinski definition) is 3. The van der Waals surface area contributed by atoms with Gasteiger partial charge >= 0.3 is 0 Å². The lowest BCUT2D eigenvalue weighted by Crippen LogP contribution is -2.16. The second-order valence-electron chi connectivity index (χ2n) is 4.46. The van der Waals surface area contributed by atoms with Crippen molar-refractivity contribution in [1.82, 2.24) is 15.0 Å². The zero-order valence-corrected chi connectivity index (χ0v) is 14.6. The maximum Gasteiger partial charge on any atom is 0.250 e. The van der Waals surface area contributed by atoms with Crippen molar-refractivity contribution in [2.45, 2.75) is 14.0 Å². The third kappa shape index (κ3) is 3.49. The monoisotopic (exact) mass is 401 g/mol. The minimum absolute atomic E-state index is 0.0938. The van der Waals surface area contributed by atoms with Crippen LogP contribution in [0.15, 0.2) is 18.2 Å². The molecule has 21 heavy (non-hydrogen) atoms. The van der Waals surface area contributed by atoms with Crippen molar-refractivity contribution in [2.24, 2.45) is 0 Å². The zero-order valence-electron chi connectivity index (χ0n) is 10.0. The topological polar surface area (TPSA) is 38.7 Å². The molecule has 0 spiro atoms. The van der Waals surface area contributed by atoms with E-state index in [9.17, 15) is 0 Å². The van der Waals surface area contributed by atoms with E-state index in [1.165, 1.54) is 11.1 Å². The molecule has 0 radical (unpaired) electrons. The fraction of sp³-hybridized carbons (Fsp3) is 0.250. The van der Waals surface area contributed by atoms with Crippen molar-refractivity contribution in [2.75, 3.05) is 0 Å². The molecule has 0 bridgehead atoms. The van der Waals surface area contributed by atoms with Gasteiger partial charge < -0.3 is 0 Å². The molecule has 1 aliphatic rings. The summed E-state index contributed by atoms with van der Waals surface area (Å²) in [7, 11) is 0. The molecule has 1 aromatic heterocycles. The summed E-state index contributed by atoms with van der Waals surface area (Å²) in [6, 6.07) is 5.80. The van der Waals surface area contributed by atoms with Gasteiger partial charge in [-0.1, -0.05) is 81.7 Å². The third-order valence-electron chi connectivity index (χ3n) is 2.86. The maximum atomic E-state index is 5.83. The fourth-order valence-corrected chi connectivity index (χ4v) is 2.30. The van der Waals surface area contributed by atoms with Gasteiger partial charge in [0.15, 0.2) is 17.5 Å². The zero-order chi connectivity index (χ0) is 15.4. The molecule has 0 fully saturated rings. The van der Waals surface area contributed by atoms with Crippen LogP contribution < -0.4 is 0 Å². The molecule has 1 heterocycles. The standard InChI is InChI=1S/C12H5Cl6N3/c13-11(14,15)9-19-8(20-10(21-9)12(16,17)18)6-2-1-5-3-7(5)4-6/h1-2,4H,3H2. The van der Waals surface area contributed by atoms with E-state index in [1.807, 2.05) is 18.2 Å². The number of fused-ring (bicyclic) bond motifs is 1. The van der Waals surface area contributed by atoms with Crippen LogP contribution in [0.5, 0.6) is 0 Å². The van der Waals surface area contributed by atoms with Crippen LogP contribution >= 0.6 is 69.6 Å². The van der Waals surface area contributed by atoms with E-state index in [0.717, 1.165) is 12.0 Å². The van der Waals surface area contributed by atoms with Crippen molar-refractivity contribution >= 4 is 69.6 Å². The van der Waals surface area contributed by atoms with E-state index in [-0.39, 0.29) is 11.6 Å². The van der Waals surface area contributed by atoms with Crippen molar-refractivity contribution in [1.29, 1.82) is 0 Å². The van der Waals surface area contributed by atoms with Gasteiger partial charge in [-0.15, -0.1) is 0 Å². The van der Waals surface area contributed by atoms with E-state index >= 15 is 0 Å². The van der Waals surface area contributed by atoms with Crippen LogP contribution in [0.3, 0.4) is 0 Å². The first kappa shape index (κ1) is 15.9. The number of benzene rings is 1. The lowest BCUT2D eigenvalue weighted by atomic mass is 10.2. The Hall–Kier alpha value is -0.0300. The molecular weight excluding hydrogens is 399 g/mol. The lowest BCUT2D eigenvalue weighted by Gasteiger charge is -2.15. The Balaban J connectivity index is 2.16. The van der Waals surface area contributed by atoms with Gasteiger partial charge in [-0.3, -0.25) is 0 Å². The Bertz CT molecular complexity index is 688. The summed E-state index contributed by atoms with van der Waals surface area (Å²) >= 11 is 35.0. The Labute approximate surface area is 150 Å². The molecule has 0 saturated carbocycles. The average Bonchev–Trinajstić information content (AvgIpc) is 3.14. The summed E-state index contributed by atoms with van der Waals surface area (Å²) in [5.74, 6) is 0.106. The van der Waals surface area contributed by atoms with E-state index in [2.05, 4.69) is 15.0 Å². The molecule has 0 atom stereocenters. The number of alkyl halides is 6. The van der Waals surface area contributed by atoms with Crippen LogP contribution in [0, 0.1) is 0 Å². The highest BCUT2D eigenvalue weighted by molar-refractivity contribution is 6.67. The van der Waals surface area contributed by atoms with Gasteiger partial charge in [-0.2, -0.15) is 0 Å². The minimum Gasteiger partial charge on any atom is -0.209 e. The van der Waals surface area contributed by atoms with E-state index in [0.29, 0.717) is 5.82 Å². The van der Waals surface area contributed by atoms with Gasteiger partial charge in [-0.25, -0.2) is 15.0 Å². The second-order valence-corrected chi connectivity index (χ2v) is 9.02. The van der Waals surface area contributed by atoms with Crippen molar-refractivity contribution in [3.8, 4) is 11.4 Å². The second kappa shape index (κ2) is 5.26. The highest BCUT2D eigenvalue weighted by Crippen LogP contribution is 2.41. The molecule has 2 aromatic rings. The van der Waals surface area contributed by atoms with Crippen LogP contribution in [-0.4, -0.2) is 15.0 Å². The number of nitrogens with zero attached hydrogens (tertiary/aromatic N) is 3. The molecule has 9 heteroatoms. The largest absolute Gasteiger partial charge is 0.250 e. The molecule has 3 rings (SSSR count). The first-order valence-electron chi connectivity index (χ1n) is 5.67. The first-order chi connectivity index (χ1) is 9.64. The molecule has 0 aliphatic heterocycles. The Morgan fingerprint density at radius 1 is 0.762 bits per heavy atom. The van der Waals surface area contributed by atoms with Crippen LogP contribution in [0.2, 0.25) is 0 Å². The molecule has 110 valence electrons. The molecule has 0 amide bonds. The molecule has 3 nitrogen and oxygen atoms in total. The van der Waals surface area contributed by atoms with Crippen molar-refractivity contribution in [3.05, 3.63) is 41.0 Å². The SMILES string of the molecule is ClC(Cl)(Cl)c1nc(-c2ccc3c(c2)C3)nc(C(Cl)(Cl)Cl)n1. The number of aromatic nitrogens is 3. The van der Waals surface area contributed by atoms with Crippen LogP contribution in [0.25, 0.3) is 11.4 Å². The van der Waals surface area contributed by atoms with E-state index < -0.39 is 7.59 Å². The summed E-state index contributed by atoms with van der Waals surface area (Å²) in [5, 5.41) is 0. The quantitative estimate of drug-likeness (QED) is 0.531. The van der Waals surface area contributed by atoms with Crippen molar-refractivity contribution < 1.29 is 0 Å². The minimum atomic E-state index is -1.84. The Morgan fingerprint density at radius 2 is 1.33 bits per heavy atom. The Morgan fingerprint density at radius 3 is 1.81 bits per heavy atom. The predicted molar refractivity (Wildman–Crippen MR) is 86.5 cm³/mol. The molecular formula is C12H5Cl6N3.